The lowest BCUT2D eigenvalue weighted by Gasteiger charge is -2.18. The molecule has 0 aliphatic carbocycles. The van der Waals surface area contributed by atoms with Crippen LogP contribution in [0.2, 0.25) is 0 Å². The molecule has 3 aromatic rings. The first-order valence-electron chi connectivity index (χ1n) is 9.66. The number of esters is 1. The van der Waals surface area contributed by atoms with Crippen LogP contribution in [0.5, 0.6) is 5.75 Å². The first-order valence-corrected chi connectivity index (χ1v) is 11.2. The summed E-state index contributed by atoms with van der Waals surface area (Å²) in [5.41, 5.74) is 0.877. The molecule has 0 saturated carbocycles. The molecule has 0 N–H and O–H groups in total. The van der Waals surface area contributed by atoms with Gasteiger partial charge in [0.15, 0.2) is 0 Å². The largest absolute Gasteiger partial charge is 0.497 e. The normalized spacial score (nSPS) is 12.1. The van der Waals surface area contributed by atoms with Gasteiger partial charge >= 0.3 is 5.97 Å². The van der Waals surface area contributed by atoms with Crippen molar-refractivity contribution in [3.8, 4) is 5.75 Å². The van der Waals surface area contributed by atoms with Gasteiger partial charge in [-0.25, -0.2) is 8.57 Å². The van der Waals surface area contributed by atoms with Gasteiger partial charge in [0.05, 0.1) is 29.5 Å². The second-order valence-corrected chi connectivity index (χ2v) is 8.88. The fourth-order valence-corrected chi connectivity index (χ4v) is 5.22. The van der Waals surface area contributed by atoms with Crippen molar-refractivity contribution in [2.75, 3.05) is 13.7 Å². The summed E-state index contributed by atoms with van der Waals surface area (Å²) < 4.78 is 29.6. The molecule has 0 saturated heterocycles. The molecular formula is C24H25NO4S. The van der Waals surface area contributed by atoms with Crippen molar-refractivity contribution in [3.05, 3.63) is 90.5 Å². The highest BCUT2D eigenvalue weighted by atomic mass is 32.2. The Morgan fingerprint density at radius 3 is 1.90 bits per heavy atom. The minimum absolute atomic E-state index is 0.189. The van der Waals surface area contributed by atoms with Crippen LogP contribution in [-0.4, -0.2) is 23.9 Å². The Morgan fingerprint density at radius 1 is 0.900 bits per heavy atom. The third-order valence-electron chi connectivity index (χ3n) is 4.60. The highest BCUT2D eigenvalue weighted by Gasteiger charge is 2.20. The highest BCUT2D eigenvalue weighted by Crippen LogP contribution is 2.31. The van der Waals surface area contributed by atoms with Crippen molar-refractivity contribution in [1.29, 1.82) is 0 Å². The van der Waals surface area contributed by atoms with Crippen LogP contribution in [0.4, 0.5) is 0 Å². The molecule has 3 aromatic carbocycles. The van der Waals surface area contributed by atoms with E-state index < -0.39 is 15.8 Å². The molecule has 1 unspecified atom stereocenters. The van der Waals surface area contributed by atoms with Crippen molar-refractivity contribution in [3.63, 3.8) is 0 Å². The van der Waals surface area contributed by atoms with Gasteiger partial charge in [-0.1, -0.05) is 48.5 Å². The van der Waals surface area contributed by atoms with E-state index >= 15 is 0 Å². The lowest BCUT2D eigenvalue weighted by atomic mass is 10.1. The molecule has 3 rings (SSSR count). The summed E-state index contributed by atoms with van der Waals surface area (Å²) in [6.45, 7) is 1.56. The van der Waals surface area contributed by atoms with E-state index in [1.165, 1.54) is 6.92 Å². The number of hydrogen-bond acceptors (Lipinski definition) is 5. The van der Waals surface area contributed by atoms with E-state index in [9.17, 15) is 9.00 Å². The van der Waals surface area contributed by atoms with Gasteiger partial charge in [-0.3, -0.25) is 4.79 Å². The van der Waals surface area contributed by atoms with Crippen molar-refractivity contribution >= 4 is 15.7 Å². The Balaban J connectivity index is 2.11. The molecule has 1 atom stereocenters. The molecule has 0 aliphatic heterocycles. The van der Waals surface area contributed by atoms with Crippen LogP contribution in [0, 0.1) is 0 Å². The van der Waals surface area contributed by atoms with Gasteiger partial charge in [0, 0.05) is 13.3 Å². The maximum atomic E-state index is 14.3. The van der Waals surface area contributed by atoms with Crippen LogP contribution < -0.4 is 4.74 Å². The second kappa shape index (κ2) is 10.1. The first-order chi connectivity index (χ1) is 14.5. The number of methoxy groups -OCH3 is 1. The van der Waals surface area contributed by atoms with E-state index in [2.05, 4.69) is 0 Å². The molecule has 0 aliphatic rings. The van der Waals surface area contributed by atoms with Crippen molar-refractivity contribution < 1.29 is 18.5 Å². The lowest BCUT2D eigenvalue weighted by molar-refractivity contribution is -0.141. The Morgan fingerprint density at radius 2 is 1.43 bits per heavy atom. The third-order valence-corrected chi connectivity index (χ3v) is 6.97. The number of carbonyl (C=O) groups excluding carboxylic acids is 1. The molecule has 0 radical (unpaired) electrons. The molecule has 6 heteroatoms. The summed E-state index contributed by atoms with van der Waals surface area (Å²) in [5, 5.41) is 0. The Bertz CT molecular complexity index is 1030. The average Bonchev–Trinajstić information content (AvgIpc) is 2.79. The summed E-state index contributed by atoms with van der Waals surface area (Å²) in [6.07, 6.45) is 0.419. The van der Waals surface area contributed by atoms with Gasteiger partial charge in [-0.05, 0) is 42.0 Å². The zero-order chi connectivity index (χ0) is 21.4. The minimum Gasteiger partial charge on any atom is -0.497 e. The van der Waals surface area contributed by atoms with Gasteiger partial charge in [-0.15, -0.1) is 0 Å². The van der Waals surface area contributed by atoms with Crippen LogP contribution >= 0.6 is 0 Å². The van der Waals surface area contributed by atoms with Gasteiger partial charge in [0.25, 0.3) is 0 Å². The topological polar surface area (TPSA) is 65.0 Å². The maximum absolute atomic E-state index is 14.3. The molecule has 156 valence electrons. The quantitative estimate of drug-likeness (QED) is 0.463. The molecule has 0 spiro atoms. The van der Waals surface area contributed by atoms with E-state index in [1.807, 2.05) is 84.9 Å². The average molecular weight is 424 g/mol. The SMILES string of the molecule is COc1ccc(C(CCOC(C)=O)N=S(=O)(c2ccccc2)c2ccccc2)cc1. The minimum atomic E-state index is -2.91. The molecule has 5 nitrogen and oxygen atoms in total. The summed E-state index contributed by atoms with van der Waals surface area (Å²) >= 11 is 0. The maximum Gasteiger partial charge on any atom is 0.302 e. The van der Waals surface area contributed by atoms with E-state index in [0.29, 0.717) is 16.2 Å². The molecule has 0 fully saturated rings. The molecule has 0 heterocycles. The van der Waals surface area contributed by atoms with Crippen LogP contribution in [0.1, 0.15) is 24.9 Å². The second-order valence-electron chi connectivity index (χ2n) is 6.68. The third kappa shape index (κ3) is 5.27. The number of nitrogens with zero attached hydrogens (tertiary/aromatic N) is 1. The van der Waals surface area contributed by atoms with Crippen molar-refractivity contribution in [1.82, 2.24) is 0 Å². The van der Waals surface area contributed by atoms with Crippen LogP contribution in [-0.2, 0) is 19.3 Å². The Kier molecular flexibility index (Phi) is 7.25. The zero-order valence-corrected chi connectivity index (χ0v) is 17.9. The number of hydrogen-bond donors (Lipinski definition) is 0. The van der Waals surface area contributed by atoms with E-state index in [0.717, 1.165) is 11.3 Å². The monoisotopic (exact) mass is 423 g/mol. The molecule has 0 bridgehead atoms. The summed E-state index contributed by atoms with van der Waals surface area (Å²) in [7, 11) is -1.30. The van der Waals surface area contributed by atoms with Crippen molar-refractivity contribution in [2.24, 2.45) is 4.36 Å². The fourth-order valence-electron chi connectivity index (χ4n) is 3.07. The standard InChI is InChI=1S/C24H25NO4S/c1-19(26)29-18-17-24(20-13-15-21(28-2)16-14-20)25-30(27,22-9-5-3-6-10-22)23-11-7-4-8-12-23/h3-16,24H,17-18H2,1-2H3. The van der Waals surface area contributed by atoms with Gasteiger partial charge in [0.1, 0.15) is 15.5 Å². The highest BCUT2D eigenvalue weighted by molar-refractivity contribution is 7.93. The summed E-state index contributed by atoms with van der Waals surface area (Å²) in [4.78, 5) is 12.5. The number of carbonyl (C=O) groups is 1. The van der Waals surface area contributed by atoms with E-state index in [4.69, 9.17) is 13.8 Å². The molecule has 0 amide bonds. The molecule has 30 heavy (non-hydrogen) atoms. The number of rotatable bonds is 8. The summed E-state index contributed by atoms with van der Waals surface area (Å²) in [5.74, 6) is 0.375. The van der Waals surface area contributed by atoms with E-state index in [-0.39, 0.29) is 12.6 Å². The smallest absolute Gasteiger partial charge is 0.302 e. The molecule has 0 aromatic heterocycles. The predicted molar refractivity (Wildman–Crippen MR) is 117 cm³/mol. The lowest BCUT2D eigenvalue weighted by Crippen LogP contribution is -2.09. The van der Waals surface area contributed by atoms with Crippen LogP contribution in [0.25, 0.3) is 0 Å². The number of ether oxygens (including phenoxy) is 2. The van der Waals surface area contributed by atoms with Gasteiger partial charge in [-0.2, -0.15) is 0 Å². The van der Waals surface area contributed by atoms with E-state index in [1.54, 1.807) is 7.11 Å². The van der Waals surface area contributed by atoms with Crippen LogP contribution in [0.15, 0.2) is 99.1 Å². The Hall–Kier alpha value is -3.12. The molecular weight excluding hydrogens is 398 g/mol. The van der Waals surface area contributed by atoms with Crippen LogP contribution in [0.3, 0.4) is 0 Å². The van der Waals surface area contributed by atoms with Crippen molar-refractivity contribution in [2.45, 2.75) is 29.2 Å². The van der Waals surface area contributed by atoms with Gasteiger partial charge < -0.3 is 9.47 Å². The Labute approximate surface area is 177 Å². The summed E-state index contributed by atoms with van der Waals surface area (Å²) in [6, 6.07) is 25.6. The number of benzene rings is 3. The first kappa shape index (κ1) is 21.6. The van der Waals surface area contributed by atoms with Gasteiger partial charge in [0.2, 0.25) is 0 Å². The fraction of sp³-hybridized carbons (Fsp3) is 0.208. The zero-order valence-electron chi connectivity index (χ0n) is 17.1. The predicted octanol–water partition coefficient (Wildman–Crippen LogP) is 5.28.